The average Bonchev–Trinajstić information content (AvgIpc) is 3.03. The zero-order valence-corrected chi connectivity index (χ0v) is 11.4. The van der Waals surface area contributed by atoms with Crippen LogP contribution in [0.1, 0.15) is 29.3 Å². The molecular weight excluding hydrogens is 256 g/mol. The van der Waals surface area contributed by atoms with Gasteiger partial charge in [-0.15, -0.1) is 0 Å². The first-order chi connectivity index (χ1) is 9.69. The fourth-order valence-electron chi connectivity index (χ4n) is 2.22. The van der Waals surface area contributed by atoms with Crippen molar-refractivity contribution in [3.8, 4) is 0 Å². The molecule has 0 bridgehead atoms. The number of hydrogen-bond donors (Lipinski definition) is 2. The topological polar surface area (TPSA) is 70.2 Å². The van der Waals surface area contributed by atoms with Gasteiger partial charge in [0.1, 0.15) is 0 Å². The van der Waals surface area contributed by atoms with Crippen molar-refractivity contribution >= 4 is 17.0 Å². The maximum absolute atomic E-state index is 11.7. The second-order valence-corrected chi connectivity index (χ2v) is 4.62. The van der Waals surface area contributed by atoms with Gasteiger partial charge in [-0.25, -0.2) is 9.78 Å². The number of rotatable bonds is 3. The zero-order chi connectivity index (χ0) is 14.1. The van der Waals surface area contributed by atoms with Crippen molar-refractivity contribution < 1.29 is 9.53 Å². The summed E-state index contributed by atoms with van der Waals surface area (Å²) in [6, 6.07) is 5.34. The number of ether oxygens (including phenoxy) is 1. The Morgan fingerprint density at radius 1 is 1.50 bits per heavy atom. The van der Waals surface area contributed by atoms with Crippen molar-refractivity contribution in [1.29, 1.82) is 0 Å². The molecule has 20 heavy (non-hydrogen) atoms. The predicted molar refractivity (Wildman–Crippen MR) is 74.8 cm³/mol. The summed E-state index contributed by atoms with van der Waals surface area (Å²) in [6.45, 7) is 2.16. The van der Waals surface area contributed by atoms with Gasteiger partial charge in [-0.3, -0.25) is 0 Å². The third-order valence-corrected chi connectivity index (χ3v) is 3.24. The monoisotopic (exact) mass is 272 g/mol. The molecule has 0 spiro atoms. The summed E-state index contributed by atoms with van der Waals surface area (Å²) in [6.07, 6.45) is 3.82. The van der Waals surface area contributed by atoms with E-state index in [0.717, 1.165) is 16.9 Å². The summed E-state index contributed by atoms with van der Waals surface area (Å²) >= 11 is 0. The summed E-state index contributed by atoms with van der Waals surface area (Å²) in [5, 5.41) is 3.20. The van der Waals surface area contributed by atoms with Crippen molar-refractivity contribution in [3.63, 3.8) is 0 Å². The Balaban J connectivity index is 1.93. The van der Waals surface area contributed by atoms with E-state index in [1.165, 1.54) is 0 Å². The van der Waals surface area contributed by atoms with Crippen molar-refractivity contribution in [1.82, 2.24) is 20.2 Å². The smallest absolute Gasteiger partial charge is 0.338 e. The van der Waals surface area contributed by atoms with Crippen LogP contribution in [-0.2, 0) is 4.74 Å². The fraction of sp³-hybridized carbons (Fsp3) is 0.286. The molecule has 2 heterocycles. The highest BCUT2D eigenvalue weighted by Crippen LogP contribution is 2.22. The van der Waals surface area contributed by atoms with Gasteiger partial charge in [0, 0.05) is 19.4 Å². The number of benzene rings is 1. The first-order valence-corrected chi connectivity index (χ1v) is 6.50. The Morgan fingerprint density at radius 3 is 3.05 bits per heavy atom. The first-order valence-electron chi connectivity index (χ1n) is 6.50. The number of esters is 1. The van der Waals surface area contributed by atoms with Gasteiger partial charge in [0.05, 0.1) is 23.2 Å². The number of carbonyl (C=O) groups is 1. The highest BCUT2D eigenvalue weighted by Gasteiger charge is 2.21. The number of aromatic amines is 1. The molecule has 1 atom stereocenters. The fourth-order valence-corrected chi connectivity index (χ4v) is 2.22. The van der Waals surface area contributed by atoms with E-state index in [1.54, 1.807) is 19.1 Å². The number of aromatic nitrogens is 2. The molecule has 0 saturated carbocycles. The van der Waals surface area contributed by atoms with Gasteiger partial charge < -0.3 is 19.9 Å². The summed E-state index contributed by atoms with van der Waals surface area (Å²) in [4.78, 5) is 21.5. The molecule has 6 nitrogen and oxygen atoms in total. The van der Waals surface area contributed by atoms with Crippen LogP contribution in [0.25, 0.3) is 11.0 Å². The quantitative estimate of drug-likeness (QED) is 0.833. The highest BCUT2D eigenvalue weighted by molar-refractivity contribution is 5.93. The molecule has 2 N–H and O–H groups in total. The lowest BCUT2D eigenvalue weighted by molar-refractivity contribution is 0.0526. The number of fused-ring (bicyclic) bond motifs is 1. The zero-order valence-electron chi connectivity index (χ0n) is 11.4. The van der Waals surface area contributed by atoms with Gasteiger partial charge >= 0.3 is 5.97 Å². The van der Waals surface area contributed by atoms with E-state index < -0.39 is 0 Å². The molecule has 1 aliphatic heterocycles. The van der Waals surface area contributed by atoms with Crippen molar-refractivity contribution in [2.45, 2.75) is 13.1 Å². The number of carbonyl (C=O) groups excluding carboxylic acids is 1. The van der Waals surface area contributed by atoms with E-state index in [-0.39, 0.29) is 12.1 Å². The molecule has 0 radical (unpaired) electrons. The van der Waals surface area contributed by atoms with E-state index in [1.807, 2.05) is 30.4 Å². The van der Waals surface area contributed by atoms with Crippen LogP contribution in [0.5, 0.6) is 0 Å². The van der Waals surface area contributed by atoms with Crippen LogP contribution >= 0.6 is 0 Å². The molecule has 0 aliphatic carbocycles. The molecule has 1 unspecified atom stereocenters. The van der Waals surface area contributed by atoms with Gasteiger partial charge in [-0.05, 0) is 25.1 Å². The molecule has 0 saturated heterocycles. The number of nitrogens with zero attached hydrogens (tertiary/aromatic N) is 2. The maximum atomic E-state index is 11.7. The van der Waals surface area contributed by atoms with Crippen LogP contribution < -0.4 is 5.32 Å². The summed E-state index contributed by atoms with van der Waals surface area (Å²) in [5.41, 5.74) is 2.17. The van der Waals surface area contributed by atoms with Crippen molar-refractivity contribution in [3.05, 3.63) is 42.0 Å². The number of imidazole rings is 1. The highest BCUT2D eigenvalue weighted by atomic mass is 16.5. The van der Waals surface area contributed by atoms with Gasteiger partial charge in [0.2, 0.25) is 0 Å². The summed E-state index contributed by atoms with van der Waals surface area (Å²) in [7, 11) is 1.97. The minimum absolute atomic E-state index is 0.00607. The Bertz CT molecular complexity index is 677. The van der Waals surface area contributed by atoms with Gasteiger partial charge in [0.25, 0.3) is 0 Å². The molecule has 1 aliphatic rings. The Morgan fingerprint density at radius 2 is 2.35 bits per heavy atom. The van der Waals surface area contributed by atoms with E-state index in [2.05, 4.69) is 15.3 Å². The standard InChI is InChI=1S/C14H16N4O2/c1-3-20-14(19)9-4-5-10-11(8-9)17-12(16-10)13-15-6-7-18(13)2/h4-8,13,15H,3H2,1-2H3,(H,16,17). The number of nitrogens with one attached hydrogen (secondary N) is 2. The predicted octanol–water partition coefficient (Wildman–Crippen LogP) is 1.74. The molecule has 1 aromatic heterocycles. The molecule has 0 fully saturated rings. The van der Waals surface area contributed by atoms with Crippen LogP contribution in [0, 0.1) is 0 Å². The van der Waals surface area contributed by atoms with Crippen LogP contribution in [0.15, 0.2) is 30.6 Å². The lowest BCUT2D eigenvalue weighted by Gasteiger charge is -2.18. The molecule has 1 aromatic carbocycles. The van der Waals surface area contributed by atoms with Crippen LogP contribution in [0.2, 0.25) is 0 Å². The van der Waals surface area contributed by atoms with E-state index in [9.17, 15) is 4.79 Å². The number of H-pyrrole nitrogens is 1. The largest absolute Gasteiger partial charge is 0.462 e. The molecular formula is C14H16N4O2. The van der Waals surface area contributed by atoms with Gasteiger partial charge in [-0.1, -0.05) is 0 Å². The number of hydrogen-bond acceptors (Lipinski definition) is 5. The van der Waals surface area contributed by atoms with E-state index in [0.29, 0.717) is 12.2 Å². The first kappa shape index (κ1) is 12.5. The van der Waals surface area contributed by atoms with Gasteiger partial charge in [0.15, 0.2) is 12.0 Å². The van der Waals surface area contributed by atoms with Crippen molar-refractivity contribution in [2.24, 2.45) is 0 Å². The molecule has 104 valence electrons. The summed E-state index contributed by atoms with van der Waals surface area (Å²) < 4.78 is 4.99. The normalized spacial score (nSPS) is 17.5. The SMILES string of the molecule is CCOC(=O)c1ccc2[nH]c(C3NC=CN3C)nc2c1. The third-order valence-electron chi connectivity index (χ3n) is 3.24. The van der Waals surface area contributed by atoms with Gasteiger partial charge in [-0.2, -0.15) is 0 Å². The second kappa shape index (κ2) is 4.88. The minimum atomic E-state index is -0.322. The lowest BCUT2D eigenvalue weighted by atomic mass is 10.2. The average molecular weight is 272 g/mol. The van der Waals surface area contributed by atoms with Crippen LogP contribution in [0.3, 0.4) is 0 Å². The molecule has 6 heteroatoms. The summed E-state index contributed by atoms with van der Waals surface area (Å²) in [5.74, 6) is 0.491. The lowest BCUT2D eigenvalue weighted by Crippen LogP contribution is -2.24. The van der Waals surface area contributed by atoms with E-state index >= 15 is 0 Å². The second-order valence-electron chi connectivity index (χ2n) is 4.62. The Hall–Kier alpha value is -2.50. The molecule has 2 aromatic rings. The maximum Gasteiger partial charge on any atom is 0.338 e. The van der Waals surface area contributed by atoms with E-state index in [4.69, 9.17) is 4.74 Å². The molecule has 3 rings (SSSR count). The molecule has 0 amide bonds. The Kier molecular flexibility index (Phi) is 3.06. The van der Waals surface area contributed by atoms with Crippen LogP contribution in [-0.4, -0.2) is 34.5 Å². The third kappa shape index (κ3) is 2.09. The van der Waals surface area contributed by atoms with Crippen LogP contribution in [0.4, 0.5) is 0 Å². The van der Waals surface area contributed by atoms with Crippen molar-refractivity contribution in [2.75, 3.05) is 13.7 Å². The Labute approximate surface area is 116 Å². The minimum Gasteiger partial charge on any atom is -0.462 e.